The van der Waals surface area contributed by atoms with Crippen LogP contribution in [-0.4, -0.2) is 6.03 Å². The summed E-state index contributed by atoms with van der Waals surface area (Å²) in [7, 11) is 0. The van der Waals surface area contributed by atoms with Crippen molar-refractivity contribution in [2.24, 2.45) is 0 Å². The van der Waals surface area contributed by atoms with Crippen LogP contribution in [0.2, 0.25) is 0 Å². The number of benzene rings is 3. The fraction of sp³-hybridized carbons (Fsp3) is 0.0952. The fourth-order valence-electron chi connectivity index (χ4n) is 2.57. The first-order valence-corrected chi connectivity index (χ1v) is 8.00. The average Bonchev–Trinajstić information content (AvgIpc) is 2.64. The maximum Gasteiger partial charge on any atom is 0.319 e. The first kappa shape index (κ1) is 15.8. The van der Waals surface area contributed by atoms with E-state index in [-0.39, 0.29) is 12.1 Å². The minimum atomic E-state index is -0.209. The highest BCUT2D eigenvalue weighted by atomic mass is 16.2. The molecule has 0 heterocycles. The molecule has 1 unspecified atom stereocenters. The molecule has 0 fully saturated rings. The Morgan fingerprint density at radius 1 is 0.750 bits per heavy atom. The molecule has 0 saturated heterocycles. The monoisotopic (exact) mass is 316 g/mol. The van der Waals surface area contributed by atoms with E-state index in [2.05, 4.69) is 22.8 Å². The molecule has 2 N–H and O–H groups in total. The zero-order valence-electron chi connectivity index (χ0n) is 13.6. The van der Waals surface area contributed by atoms with E-state index in [4.69, 9.17) is 0 Å². The third-order valence-corrected chi connectivity index (χ3v) is 3.90. The molecule has 24 heavy (non-hydrogen) atoms. The number of carbonyl (C=O) groups is 1. The van der Waals surface area contributed by atoms with E-state index in [1.165, 1.54) is 0 Å². The number of nitrogens with one attached hydrogen (secondary N) is 2. The van der Waals surface area contributed by atoms with Crippen LogP contribution in [0, 0.1) is 0 Å². The van der Waals surface area contributed by atoms with E-state index in [1.807, 2.05) is 79.7 Å². The summed E-state index contributed by atoms with van der Waals surface area (Å²) in [6, 6.07) is 27.6. The van der Waals surface area contributed by atoms with Gasteiger partial charge < -0.3 is 10.6 Å². The van der Waals surface area contributed by atoms with Crippen molar-refractivity contribution in [2.75, 3.05) is 5.32 Å². The SMILES string of the molecule is CC(NC(=O)Nc1ccc(-c2ccccc2)cc1)c1ccccc1. The van der Waals surface area contributed by atoms with Gasteiger partial charge in [-0.05, 0) is 35.7 Å². The van der Waals surface area contributed by atoms with Crippen molar-refractivity contribution in [3.63, 3.8) is 0 Å². The molecule has 0 aliphatic carbocycles. The maximum absolute atomic E-state index is 12.1. The Bertz CT molecular complexity index is 783. The molecule has 120 valence electrons. The second-order valence-corrected chi connectivity index (χ2v) is 5.67. The molecule has 0 bridgehead atoms. The number of urea groups is 1. The van der Waals surface area contributed by atoms with Gasteiger partial charge >= 0.3 is 6.03 Å². The highest BCUT2D eigenvalue weighted by Gasteiger charge is 2.09. The molecule has 0 saturated carbocycles. The third kappa shape index (κ3) is 4.02. The predicted molar refractivity (Wildman–Crippen MR) is 98.9 cm³/mol. The molecule has 3 aromatic rings. The Kier molecular flexibility index (Phi) is 4.92. The zero-order valence-corrected chi connectivity index (χ0v) is 13.6. The van der Waals surface area contributed by atoms with Gasteiger partial charge in [0.25, 0.3) is 0 Å². The lowest BCUT2D eigenvalue weighted by atomic mass is 10.1. The number of hydrogen-bond acceptors (Lipinski definition) is 1. The minimum absolute atomic E-state index is 0.0465. The second kappa shape index (κ2) is 7.47. The van der Waals surface area contributed by atoms with Crippen LogP contribution in [0.25, 0.3) is 11.1 Å². The molecule has 3 aromatic carbocycles. The van der Waals surface area contributed by atoms with Crippen molar-refractivity contribution in [2.45, 2.75) is 13.0 Å². The quantitative estimate of drug-likeness (QED) is 0.679. The van der Waals surface area contributed by atoms with E-state index in [0.29, 0.717) is 0 Å². The highest BCUT2D eigenvalue weighted by Crippen LogP contribution is 2.21. The molecule has 0 aliphatic heterocycles. The molecule has 3 heteroatoms. The Hall–Kier alpha value is -3.07. The number of rotatable bonds is 4. The van der Waals surface area contributed by atoms with Crippen LogP contribution in [0.3, 0.4) is 0 Å². The largest absolute Gasteiger partial charge is 0.331 e. The smallest absolute Gasteiger partial charge is 0.319 e. The Morgan fingerprint density at radius 2 is 1.29 bits per heavy atom. The number of hydrogen-bond donors (Lipinski definition) is 2. The topological polar surface area (TPSA) is 41.1 Å². The summed E-state index contributed by atoms with van der Waals surface area (Å²) in [5, 5.41) is 5.81. The van der Waals surface area contributed by atoms with Crippen LogP contribution in [0.15, 0.2) is 84.9 Å². The van der Waals surface area contributed by atoms with E-state index in [1.54, 1.807) is 0 Å². The summed E-state index contributed by atoms with van der Waals surface area (Å²) < 4.78 is 0. The van der Waals surface area contributed by atoms with Crippen molar-refractivity contribution in [1.29, 1.82) is 0 Å². The third-order valence-electron chi connectivity index (χ3n) is 3.90. The molecule has 3 nitrogen and oxygen atoms in total. The zero-order chi connectivity index (χ0) is 16.8. The molecule has 0 spiro atoms. The molecular formula is C21H20N2O. The van der Waals surface area contributed by atoms with Gasteiger partial charge in [-0.1, -0.05) is 72.8 Å². The summed E-state index contributed by atoms with van der Waals surface area (Å²) in [6.45, 7) is 1.97. The van der Waals surface area contributed by atoms with Crippen molar-refractivity contribution in [3.8, 4) is 11.1 Å². The lowest BCUT2D eigenvalue weighted by Crippen LogP contribution is -2.31. The van der Waals surface area contributed by atoms with E-state index in [0.717, 1.165) is 22.4 Å². The first-order chi connectivity index (χ1) is 11.7. The van der Waals surface area contributed by atoms with Crippen LogP contribution in [0.1, 0.15) is 18.5 Å². The van der Waals surface area contributed by atoms with Gasteiger partial charge in [0.05, 0.1) is 6.04 Å². The maximum atomic E-state index is 12.1. The van der Waals surface area contributed by atoms with Crippen molar-refractivity contribution < 1.29 is 4.79 Å². The predicted octanol–water partition coefficient (Wildman–Crippen LogP) is 5.24. The molecular weight excluding hydrogens is 296 g/mol. The summed E-state index contributed by atoms with van der Waals surface area (Å²) in [5.41, 5.74) is 4.13. The van der Waals surface area contributed by atoms with Crippen molar-refractivity contribution >= 4 is 11.7 Å². The molecule has 3 rings (SSSR count). The summed E-state index contributed by atoms with van der Waals surface area (Å²) in [4.78, 5) is 12.1. The van der Waals surface area contributed by atoms with Crippen LogP contribution >= 0.6 is 0 Å². The Morgan fingerprint density at radius 3 is 1.92 bits per heavy atom. The van der Waals surface area contributed by atoms with Gasteiger partial charge in [0.1, 0.15) is 0 Å². The van der Waals surface area contributed by atoms with Gasteiger partial charge in [-0.25, -0.2) is 4.79 Å². The van der Waals surface area contributed by atoms with Crippen molar-refractivity contribution in [1.82, 2.24) is 5.32 Å². The lowest BCUT2D eigenvalue weighted by Gasteiger charge is -2.15. The van der Waals surface area contributed by atoms with Crippen LogP contribution in [-0.2, 0) is 0 Å². The summed E-state index contributed by atoms with van der Waals surface area (Å²) in [5.74, 6) is 0. The van der Waals surface area contributed by atoms with E-state index < -0.39 is 0 Å². The van der Waals surface area contributed by atoms with Gasteiger partial charge in [0.15, 0.2) is 0 Å². The highest BCUT2D eigenvalue weighted by molar-refractivity contribution is 5.89. The fourth-order valence-corrected chi connectivity index (χ4v) is 2.57. The van der Waals surface area contributed by atoms with Gasteiger partial charge in [0, 0.05) is 5.69 Å². The molecule has 0 radical (unpaired) electrons. The molecule has 1 atom stereocenters. The van der Waals surface area contributed by atoms with Gasteiger partial charge in [-0.3, -0.25) is 0 Å². The average molecular weight is 316 g/mol. The Balaban J connectivity index is 1.61. The summed E-state index contributed by atoms with van der Waals surface area (Å²) >= 11 is 0. The molecule has 0 aromatic heterocycles. The van der Waals surface area contributed by atoms with Crippen molar-refractivity contribution in [3.05, 3.63) is 90.5 Å². The van der Waals surface area contributed by atoms with Crippen LogP contribution in [0.5, 0.6) is 0 Å². The molecule has 2 amide bonds. The lowest BCUT2D eigenvalue weighted by molar-refractivity contribution is 0.249. The van der Waals surface area contributed by atoms with E-state index >= 15 is 0 Å². The molecule has 0 aliphatic rings. The van der Waals surface area contributed by atoms with Crippen LogP contribution < -0.4 is 10.6 Å². The van der Waals surface area contributed by atoms with Gasteiger partial charge in [-0.15, -0.1) is 0 Å². The van der Waals surface area contributed by atoms with Crippen LogP contribution in [0.4, 0.5) is 10.5 Å². The van der Waals surface area contributed by atoms with Gasteiger partial charge in [-0.2, -0.15) is 0 Å². The number of carbonyl (C=O) groups excluding carboxylic acids is 1. The standard InChI is InChI=1S/C21H20N2O/c1-16(17-8-4-2-5-9-17)22-21(24)23-20-14-12-19(13-15-20)18-10-6-3-7-11-18/h2-16H,1H3,(H2,22,23,24). The number of amides is 2. The first-order valence-electron chi connectivity index (χ1n) is 8.00. The minimum Gasteiger partial charge on any atom is -0.331 e. The summed E-state index contributed by atoms with van der Waals surface area (Å²) in [6.07, 6.45) is 0. The Labute approximate surface area is 142 Å². The normalized spacial score (nSPS) is 11.5. The number of anilines is 1. The second-order valence-electron chi connectivity index (χ2n) is 5.67. The van der Waals surface area contributed by atoms with E-state index in [9.17, 15) is 4.79 Å². The van der Waals surface area contributed by atoms with Gasteiger partial charge in [0.2, 0.25) is 0 Å².